The minimum Gasteiger partial charge on any atom is -0.493 e. The van der Waals surface area contributed by atoms with Crippen molar-refractivity contribution in [1.82, 2.24) is 4.57 Å². The van der Waals surface area contributed by atoms with E-state index in [1.54, 1.807) is 43.3 Å². The van der Waals surface area contributed by atoms with Crippen molar-refractivity contribution in [1.29, 1.82) is 0 Å². The molecule has 1 unspecified atom stereocenters. The summed E-state index contributed by atoms with van der Waals surface area (Å²) in [6, 6.07) is 10.6. The summed E-state index contributed by atoms with van der Waals surface area (Å²) in [5.41, 5.74) is 1.00. The topological polar surface area (TPSA) is 122 Å². The summed E-state index contributed by atoms with van der Waals surface area (Å²) >= 11 is 1.10. The van der Waals surface area contributed by atoms with Gasteiger partial charge in [-0.2, -0.15) is 0 Å². The van der Waals surface area contributed by atoms with Crippen molar-refractivity contribution < 1.29 is 23.9 Å². The number of hydrogen-bond acceptors (Lipinski definition) is 9. The molecule has 2 aromatic carbocycles. The van der Waals surface area contributed by atoms with Crippen LogP contribution in [0.5, 0.6) is 11.5 Å². The molecule has 2 heterocycles. The standard InChI is InChI=1S/C30H33N3O7S/c1-6-7-14-39-23-13-12-21(15-24(23)38-5)27-26(29(35)40-17-18(2)3)19(4)31-30-32(27)28(34)25(41-30)16-20-10-8-9-11-22(20)33(36)37/h8-13,15-16,18,27H,6-7,14,17H2,1-5H3. The molecule has 1 aliphatic rings. The zero-order valence-electron chi connectivity index (χ0n) is 23.7. The quantitative estimate of drug-likeness (QED) is 0.142. The number of benzene rings is 2. The van der Waals surface area contributed by atoms with Gasteiger partial charge in [-0.05, 0) is 49.1 Å². The molecule has 0 amide bonds. The molecule has 0 fully saturated rings. The Bertz CT molecular complexity index is 1670. The van der Waals surface area contributed by atoms with Crippen molar-refractivity contribution in [2.75, 3.05) is 20.3 Å². The molecule has 216 valence electrons. The maximum Gasteiger partial charge on any atom is 0.338 e. The average molecular weight is 580 g/mol. The number of methoxy groups -OCH3 is 1. The van der Waals surface area contributed by atoms with Crippen LogP contribution in [0.4, 0.5) is 5.69 Å². The lowest BCUT2D eigenvalue weighted by Crippen LogP contribution is -2.40. The van der Waals surface area contributed by atoms with Crippen LogP contribution in [0.15, 0.2) is 63.5 Å². The van der Waals surface area contributed by atoms with E-state index < -0.39 is 22.5 Å². The predicted octanol–water partition coefficient (Wildman–Crippen LogP) is 4.53. The number of nitro benzene ring substituents is 1. The smallest absolute Gasteiger partial charge is 0.338 e. The van der Waals surface area contributed by atoms with E-state index in [-0.39, 0.29) is 28.3 Å². The molecule has 0 radical (unpaired) electrons. The van der Waals surface area contributed by atoms with Crippen LogP contribution < -0.4 is 24.4 Å². The van der Waals surface area contributed by atoms with Gasteiger partial charge < -0.3 is 14.2 Å². The first-order valence-corrected chi connectivity index (χ1v) is 14.2. The second-order valence-corrected chi connectivity index (χ2v) is 11.0. The third-order valence-electron chi connectivity index (χ3n) is 6.47. The number of hydrogen-bond donors (Lipinski definition) is 0. The summed E-state index contributed by atoms with van der Waals surface area (Å²) < 4.78 is 18.8. The highest BCUT2D eigenvalue weighted by Gasteiger charge is 2.34. The molecule has 41 heavy (non-hydrogen) atoms. The number of para-hydroxylation sites is 1. The van der Waals surface area contributed by atoms with E-state index in [9.17, 15) is 19.7 Å². The van der Waals surface area contributed by atoms with E-state index in [1.165, 1.54) is 23.8 Å². The van der Waals surface area contributed by atoms with Gasteiger partial charge in [0.15, 0.2) is 16.3 Å². The van der Waals surface area contributed by atoms with Gasteiger partial charge in [-0.3, -0.25) is 19.5 Å². The number of carbonyl (C=O) groups is 1. The minimum atomic E-state index is -0.864. The Morgan fingerprint density at radius 3 is 2.66 bits per heavy atom. The highest BCUT2D eigenvalue weighted by atomic mass is 32.1. The van der Waals surface area contributed by atoms with Crippen molar-refractivity contribution in [3.63, 3.8) is 0 Å². The Balaban J connectivity index is 1.91. The van der Waals surface area contributed by atoms with Gasteiger partial charge in [0.1, 0.15) is 0 Å². The molecule has 11 heteroatoms. The first kappa shape index (κ1) is 29.7. The van der Waals surface area contributed by atoms with Crippen molar-refractivity contribution >= 4 is 29.1 Å². The van der Waals surface area contributed by atoms with Gasteiger partial charge in [0.05, 0.1) is 52.7 Å². The number of rotatable bonds is 11. The average Bonchev–Trinajstić information content (AvgIpc) is 3.25. The Labute approximate surface area is 241 Å². The lowest BCUT2D eigenvalue weighted by atomic mass is 9.95. The van der Waals surface area contributed by atoms with Gasteiger partial charge >= 0.3 is 5.97 Å². The minimum absolute atomic E-state index is 0.112. The van der Waals surface area contributed by atoms with E-state index in [0.717, 1.165) is 24.2 Å². The second-order valence-electron chi connectivity index (χ2n) is 10.0. The summed E-state index contributed by atoms with van der Waals surface area (Å²) in [7, 11) is 1.53. The summed E-state index contributed by atoms with van der Waals surface area (Å²) in [5, 5.41) is 11.6. The van der Waals surface area contributed by atoms with Gasteiger partial charge in [-0.15, -0.1) is 0 Å². The third-order valence-corrected chi connectivity index (χ3v) is 7.45. The number of carbonyl (C=O) groups excluding carboxylic acids is 1. The fourth-order valence-electron chi connectivity index (χ4n) is 4.44. The van der Waals surface area contributed by atoms with Crippen LogP contribution in [0.25, 0.3) is 6.08 Å². The Kier molecular flexibility index (Phi) is 9.38. The van der Waals surface area contributed by atoms with E-state index in [0.29, 0.717) is 39.7 Å². The number of unbranched alkanes of at least 4 members (excludes halogenated alkanes) is 1. The molecule has 0 spiro atoms. The van der Waals surface area contributed by atoms with E-state index in [2.05, 4.69) is 11.9 Å². The molecular weight excluding hydrogens is 546 g/mol. The molecular formula is C30H33N3O7S. The molecule has 10 nitrogen and oxygen atoms in total. The highest BCUT2D eigenvalue weighted by Crippen LogP contribution is 2.36. The Hall–Kier alpha value is -4.25. The number of aromatic nitrogens is 1. The predicted molar refractivity (Wildman–Crippen MR) is 156 cm³/mol. The van der Waals surface area contributed by atoms with Crippen LogP contribution in [-0.2, 0) is 9.53 Å². The Morgan fingerprint density at radius 2 is 1.98 bits per heavy atom. The van der Waals surface area contributed by atoms with E-state index in [1.807, 2.05) is 13.8 Å². The van der Waals surface area contributed by atoms with Crippen LogP contribution >= 0.6 is 11.3 Å². The maximum atomic E-state index is 13.9. The number of nitrogens with zero attached hydrogens (tertiary/aromatic N) is 3. The van der Waals surface area contributed by atoms with Gasteiger partial charge in [0.25, 0.3) is 11.2 Å². The van der Waals surface area contributed by atoms with E-state index in [4.69, 9.17) is 14.2 Å². The van der Waals surface area contributed by atoms with Gasteiger partial charge in [-0.1, -0.05) is 56.7 Å². The van der Waals surface area contributed by atoms with Gasteiger partial charge in [-0.25, -0.2) is 9.79 Å². The van der Waals surface area contributed by atoms with Crippen molar-refractivity contribution in [3.05, 3.63) is 94.7 Å². The molecule has 0 N–H and O–H groups in total. The van der Waals surface area contributed by atoms with Crippen LogP contribution in [0.1, 0.15) is 57.7 Å². The number of thiazole rings is 1. The van der Waals surface area contributed by atoms with Crippen LogP contribution in [-0.4, -0.2) is 35.8 Å². The first-order valence-electron chi connectivity index (χ1n) is 13.4. The first-order chi connectivity index (χ1) is 19.7. The molecule has 3 aromatic rings. The zero-order valence-corrected chi connectivity index (χ0v) is 24.5. The highest BCUT2D eigenvalue weighted by molar-refractivity contribution is 7.07. The van der Waals surface area contributed by atoms with E-state index >= 15 is 0 Å². The number of fused-ring (bicyclic) bond motifs is 1. The van der Waals surface area contributed by atoms with Crippen molar-refractivity contribution in [3.8, 4) is 11.5 Å². The van der Waals surface area contributed by atoms with Crippen LogP contribution in [0.3, 0.4) is 0 Å². The molecule has 1 atom stereocenters. The second kappa shape index (κ2) is 12.9. The molecule has 0 bridgehead atoms. The summed E-state index contributed by atoms with van der Waals surface area (Å²) in [4.78, 5) is 43.4. The number of esters is 1. The fourth-order valence-corrected chi connectivity index (χ4v) is 5.47. The SMILES string of the molecule is CCCCOc1ccc(C2C(C(=O)OCC(C)C)=C(C)N=c3sc(=Cc4ccccc4[N+](=O)[O-])c(=O)n32)cc1OC. The zero-order chi connectivity index (χ0) is 29.7. The Morgan fingerprint density at radius 1 is 1.22 bits per heavy atom. The molecule has 1 aromatic heterocycles. The van der Waals surface area contributed by atoms with Crippen LogP contribution in [0, 0.1) is 16.0 Å². The molecule has 1 aliphatic heterocycles. The summed E-state index contributed by atoms with van der Waals surface area (Å²) in [5.74, 6) is 0.560. The van der Waals surface area contributed by atoms with Crippen LogP contribution in [0.2, 0.25) is 0 Å². The van der Waals surface area contributed by atoms with Gasteiger partial charge in [0.2, 0.25) is 0 Å². The third kappa shape index (κ3) is 6.40. The molecule has 0 aliphatic carbocycles. The summed E-state index contributed by atoms with van der Waals surface area (Å²) in [6.45, 7) is 8.39. The number of ether oxygens (including phenoxy) is 3. The molecule has 4 rings (SSSR count). The maximum absolute atomic E-state index is 13.9. The van der Waals surface area contributed by atoms with Crippen molar-refractivity contribution in [2.45, 2.75) is 46.6 Å². The monoisotopic (exact) mass is 579 g/mol. The normalized spacial score (nSPS) is 15.0. The van der Waals surface area contributed by atoms with Crippen molar-refractivity contribution in [2.24, 2.45) is 10.9 Å². The molecule has 0 saturated carbocycles. The lowest BCUT2D eigenvalue weighted by Gasteiger charge is -2.25. The number of allylic oxidation sites excluding steroid dienone is 1. The molecule has 0 saturated heterocycles. The largest absolute Gasteiger partial charge is 0.493 e. The lowest BCUT2D eigenvalue weighted by molar-refractivity contribution is -0.385. The fraction of sp³-hybridized carbons (Fsp3) is 0.367. The summed E-state index contributed by atoms with van der Waals surface area (Å²) in [6.07, 6.45) is 3.35. The number of nitro groups is 1. The van der Waals surface area contributed by atoms with Gasteiger partial charge in [0, 0.05) is 6.07 Å².